The Bertz CT molecular complexity index is 454. The summed E-state index contributed by atoms with van der Waals surface area (Å²) in [6.07, 6.45) is 7.56. The zero-order chi connectivity index (χ0) is 12.8. The Labute approximate surface area is 105 Å². The van der Waals surface area contributed by atoms with Gasteiger partial charge in [-0.2, -0.15) is 0 Å². The summed E-state index contributed by atoms with van der Waals surface area (Å²) in [5.41, 5.74) is 0.0368. The van der Waals surface area contributed by atoms with Crippen LogP contribution in [0.15, 0.2) is 12.3 Å². The van der Waals surface area contributed by atoms with Crippen molar-refractivity contribution in [3.05, 3.63) is 22.8 Å². The van der Waals surface area contributed by atoms with Crippen molar-refractivity contribution in [2.24, 2.45) is 0 Å². The molecule has 0 amide bonds. The Kier molecular flexibility index (Phi) is 4.80. The van der Waals surface area contributed by atoms with Gasteiger partial charge in [-0.25, -0.2) is 9.78 Å². The second kappa shape index (κ2) is 6.12. The molecule has 4 nitrogen and oxygen atoms in total. The van der Waals surface area contributed by atoms with Crippen molar-refractivity contribution in [3.8, 4) is 12.3 Å². The first-order valence-corrected chi connectivity index (χ1v) is 5.55. The van der Waals surface area contributed by atoms with E-state index in [4.69, 9.17) is 23.1 Å². The number of hydrogen-bond acceptors (Lipinski definition) is 3. The third-order valence-electron chi connectivity index (χ3n) is 2.18. The predicted molar refractivity (Wildman–Crippen MR) is 67.5 cm³/mol. The van der Waals surface area contributed by atoms with E-state index in [1.54, 1.807) is 4.90 Å². The molecule has 0 bridgehead atoms. The van der Waals surface area contributed by atoms with Crippen LogP contribution in [0.25, 0.3) is 0 Å². The van der Waals surface area contributed by atoms with E-state index in [1.165, 1.54) is 12.3 Å². The van der Waals surface area contributed by atoms with Crippen LogP contribution in [0.2, 0.25) is 5.02 Å². The Morgan fingerprint density at radius 3 is 2.94 bits per heavy atom. The van der Waals surface area contributed by atoms with Crippen molar-refractivity contribution in [3.63, 3.8) is 0 Å². The minimum absolute atomic E-state index is 0.0368. The van der Waals surface area contributed by atoms with Crippen LogP contribution in [0.1, 0.15) is 23.7 Å². The van der Waals surface area contributed by atoms with E-state index in [0.717, 1.165) is 6.42 Å². The molecule has 0 fully saturated rings. The molecule has 1 N–H and O–H groups in total. The summed E-state index contributed by atoms with van der Waals surface area (Å²) in [6.45, 7) is 3.03. The number of rotatable bonds is 5. The lowest BCUT2D eigenvalue weighted by Gasteiger charge is -2.21. The Balaban J connectivity index is 3.15. The second-order valence-corrected chi connectivity index (χ2v) is 3.80. The minimum Gasteiger partial charge on any atom is -0.478 e. The quantitative estimate of drug-likeness (QED) is 0.817. The van der Waals surface area contributed by atoms with Crippen LogP contribution >= 0.6 is 11.6 Å². The van der Waals surface area contributed by atoms with Crippen LogP contribution in [-0.4, -0.2) is 29.1 Å². The summed E-state index contributed by atoms with van der Waals surface area (Å²) in [5, 5.41) is 9.09. The van der Waals surface area contributed by atoms with Crippen LogP contribution in [0.3, 0.4) is 0 Å². The molecule has 5 heteroatoms. The van der Waals surface area contributed by atoms with E-state index in [0.29, 0.717) is 18.9 Å². The lowest BCUT2D eigenvalue weighted by atomic mass is 10.2. The highest BCUT2D eigenvalue weighted by atomic mass is 35.5. The van der Waals surface area contributed by atoms with Gasteiger partial charge in [0.1, 0.15) is 5.82 Å². The Morgan fingerprint density at radius 2 is 2.41 bits per heavy atom. The second-order valence-electron chi connectivity index (χ2n) is 3.43. The van der Waals surface area contributed by atoms with Gasteiger partial charge >= 0.3 is 5.97 Å². The molecule has 17 heavy (non-hydrogen) atoms. The van der Waals surface area contributed by atoms with Crippen molar-refractivity contribution in [1.29, 1.82) is 0 Å². The molecule has 0 aliphatic carbocycles. The highest BCUT2D eigenvalue weighted by Gasteiger charge is 2.17. The van der Waals surface area contributed by atoms with Crippen molar-refractivity contribution in [2.75, 3.05) is 18.0 Å². The Morgan fingerprint density at radius 1 is 1.71 bits per heavy atom. The van der Waals surface area contributed by atoms with Gasteiger partial charge in [0.05, 0.1) is 17.1 Å². The van der Waals surface area contributed by atoms with Crippen LogP contribution in [0.4, 0.5) is 5.82 Å². The molecule has 1 aromatic rings. The summed E-state index contributed by atoms with van der Waals surface area (Å²) in [4.78, 5) is 16.8. The number of carboxylic acids is 1. The highest BCUT2D eigenvalue weighted by molar-refractivity contribution is 6.35. The van der Waals surface area contributed by atoms with Crippen LogP contribution in [0.5, 0.6) is 0 Å². The molecule has 0 aliphatic rings. The SMILES string of the molecule is C#CCN(CCC)c1nccc(C(=O)O)c1Cl. The smallest absolute Gasteiger partial charge is 0.337 e. The van der Waals surface area contributed by atoms with Crippen LogP contribution in [-0.2, 0) is 0 Å². The maximum atomic E-state index is 10.9. The number of carbonyl (C=O) groups is 1. The van der Waals surface area contributed by atoms with Gasteiger partial charge in [-0.3, -0.25) is 0 Å². The van der Waals surface area contributed by atoms with Gasteiger partial charge in [0, 0.05) is 12.7 Å². The summed E-state index contributed by atoms with van der Waals surface area (Å²) < 4.78 is 0. The first-order valence-electron chi connectivity index (χ1n) is 5.18. The first kappa shape index (κ1) is 13.3. The molecule has 0 atom stereocenters. The summed E-state index contributed by atoms with van der Waals surface area (Å²) in [7, 11) is 0. The molecule has 0 aliphatic heterocycles. The molecular weight excluding hydrogens is 240 g/mol. The van der Waals surface area contributed by atoms with Gasteiger partial charge in [0.15, 0.2) is 0 Å². The largest absolute Gasteiger partial charge is 0.478 e. The van der Waals surface area contributed by atoms with E-state index in [9.17, 15) is 4.79 Å². The summed E-state index contributed by atoms with van der Waals surface area (Å²) in [5.74, 6) is 1.86. The van der Waals surface area contributed by atoms with E-state index in [2.05, 4.69) is 10.9 Å². The van der Waals surface area contributed by atoms with Gasteiger partial charge in [-0.05, 0) is 12.5 Å². The highest BCUT2D eigenvalue weighted by Crippen LogP contribution is 2.26. The lowest BCUT2D eigenvalue weighted by Crippen LogP contribution is -2.26. The number of halogens is 1. The fraction of sp³-hybridized carbons (Fsp3) is 0.333. The van der Waals surface area contributed by atoms with Crippen molar-refractivity contribution in [2.45, 2.75) is 13.3 Å². The molecule has 0 radical (unpaired) electrons. The van der Waals surface area contributed by atoms with E-state index < -0.39 is 5.97 Å². The lowest BCUT2D eigenvalue weighted by molar-refractivity contribution is 0.0697. The number of aromatic carboxylic acids is 1. The average Bonchev–Trinajstić information content (AvgIpc) is 2.29. The topological polar surface area (TPSA) is 53.4 Å². The number of aromatic nitrogens is 1. The van der Waals surface area contributed by atoms with Gasteiger partial charge in [0.25, 0.3) is 0 Å². The number of pyridine rings is 1. The number of carboxylic acid groups (broad SMARTS) is 1. The van der Waals surface area contributed by atoms with Crippen LogP contribution in [0, 0.1) is 12.3 Å². The van der Waals surface area contributed by atoms with Gasteiger partial charge < -0.3 is 10.0 Å². The zero-order valence-corrected chi connectivity index (χ0v) is 10.2. The van der Waals surface area contributed by atoms with Gasteiger partial charge in [-0.1, -0.05) is 24.4 Å². The fourth-order valence-corrected chi connectivity index (χ4v) is 1.77. The van der Waals surface area contributed by atoms with Crippen LogP contribution < -0.4 is 4.90 Å². The third kappa shape index (κ3) is 3.11. The maximum absolute atomic E-state index is 10.9. The van der Waals surface area contributed by atoms with E-state index in [-0.39, 0.29) is 10.6 Å². The fourth-order valence-electron chi connectivity index (χ4n) is 1.46. The van der Waals surface area contributed by atoms with Gasteiger partial charge in [0.2, 0.25) is 0 Å². The molecule has 0 aromatic carbocycles. The Hall–Kier alpha value is -1.73. The standard InChI is InChI=1S/C12H13ClN2O2/c1-3-7-15(8-4-2)11-10(13)9(12(16)17)5-6-14-11/h1,5-6H,4,7-8H2,2H3,(H,16,17). The summed E-state index contributed by atoms with van der Waals surface area (Å²) >= 11 is 6.02. The number of hydrogen-bond donors (Lipinski definition) is 1. The molecule has 1 aromatic heterocycles. The predicted octanol–water partition coefficient (Wildman–Crippen LogP) is 2.28. The van der Waals surface area contributed by atoms with Crippen molar-refractivity contribution >= 4 is 23.4 Å². The normalized spacial score (nSPS) is 9.71. The van der Waals surface area contributed by atoms with E-state index >= 15 is 0 Å². The third-order valence-corrected chi connectivity index (χ3v) is 2.55. The van der Waals surface area contributed by atoms with Gasteiger partial charge in [-0.15, -0.1) is 6.42 Å². The van der Waals surface area contributed by atoms with Crippen molar-refractivity contribution < 1.29 is 9.90 Å². The minimum atomic E-state index is -1.07. The summed E-state index contributed by atoms with van der Waals surface area (Å²) in [6, 6.07) is 1.37. The maximum Gasteiger partial charge on any atom is 0.337 e. The zero-order valence-electron chi connectivity index (χ0n) is 9.48. The molecular formula is C12H13ClN2O2. The number of anilines is 1. The number of nitrogens with zero attached hydrogens (tertiary/aromatic N) is 2. The first-order chi connectivity index (χ1) is 8.11. The molecule has 90 valence electrons. The number of terminal acetylenes is 1. The molecule has 1 rings (SSSR count). The van der Waals surface area contributed by atoms with Crippen molar-refractivity contribution in [1.82, 2.24) is 4.98 Å². The molecule has 0 unspecified atom stereocenters. The molecule has 0 saturated carbocycles. The average molecular weight is 253 g/mol. The monoisotopic (exact) mass is 252 g/mol. The molecule has 0 spiro atoms. The molecule has 1 heterocycles. The van der Waals surface area contributed by atoms with E-state index in [1.807, 2.05) is 6.92 Å². The molecule has 0 saturated heterocycles.